The van der Waals surface area contributed by atoms with E-state index in [9.17, 15) is 4.79 Å². The number of hydrogen-bond acceptors (Lipinski definition) is 7. The van der Waals surface area contributed by atoms with E-state index in [-0.39, 0.29) is 17.4 Å². The summed E-state index contributed by atoms with van der Waals surface area (Å²) in [5.74, 6) is -0.324. The highest BCUT2D eigenvalue weighted by atomic mass is 16.6. The van der Waals surface area contributed by atoms with Crippen molar-refractivity contribution in [2.75, 3.05) is 52.0 Å². The van der Waals surface area contributed by atoms with Gasteiger partial charge in [0.2, 0.25) is 11.5 Å². The number of carbonyl (C=O) groups is 1. The van der Waals surface area contributed by atoms with E-state index in [1.807, 2.05) is 0 Å². The molecule has 2 heterocycles. The Hall–Kier alpha value is -1.67. The van der Waals surface area contributed by atoms with Gasteiger partial charge in [-0.05, 0) is 17.4 Å². The number of likely N-dealkylation sites (N-methyl/N-ethyl adjacent to an activating group) is 1. The van der Waals surface area contributed by atoms with Crippen molar-refractivity contribution in [2.45, 2.75) is 0 Å². The lowest BCUT2D eigenvalue weighted by Crippen LogP contribution is -2.46. The molecule has 18 heavy (non-hydrogen) atoms. The van der Waals surface area contributed by atoms with E-state index in [2.05, 4.69) is 37.1 Å². The van der Waals surface area contributed by atoms with Crippen molar-refractivity contribution in [3.63, 3.8) is 0 Å². The van der Waals surface area contributed by atoms with Crippen LogP contribution in [0.15, 0.2) is 4.63 Å². The van der Waals surface area contributed by atoms with Crippen LogP contribution in [0.4, 0.5) is 5.82 Å². The molecule has 0 aliphatic carbocycles. The smallest absolute Gasteiger partial charge is 0.277 e. The quantitative estimate of drug-likeness (QED) is 0.683. The van der Waals surface area contributed by atoms with Crippen LogP contribution in [-0.2, 0) is 0 Å². The van der Waals surface area contributed by atoms with Crippen LogP contribution in [0.2, 0.25) is 0 Å². The standard InChI is InChI=1S/C10H18N6O2/c1-15-4-6-16(7-5-15)3-2-12-10(17)8-9(11)14-18-13-8/h2-7H2,1H3,(H2,11,14)(H,12,17). The lowest BCUT2D eigenvalue weighted by atomic mass is 10.3. The maximum Gasteiger partial charge on any atom is 0.277 e. The highest BCUT2D eigenvalue weighted by Gasteiger charge is 2.17. The SMILES string of the molecule is CN1CCN(CCNC(=O)c2nonc2N)CC1. The number of aromatic nitrogens is 2. The van der Waals surface area contributed by atoms with E-state index in [4.69, 9.17) is 5.73 Å². The molecule has 0 radical (unpaired) electrons. The first-order chi connectivity index (χ1) is 8.66. The Balaban J connectivity index is 1.69. The largest absolute Gasteiger partial charge is 0.379 e. The maximum atomic E-state index is 11.6. The molecule has 8 nitrogen and oxygen atoms in total. The summed E-state index contributed by atoms with van der Waals surface area (Å²) < 4.78 is 4.37. The molecule has 1 amide bonds. The predicted octanol–water partition coefficient (Wildman–Crippen LogP) is -1.37. The lowest BCUT2D eigenvalue weighted by Gasteiger charge is -2.32. The van der Waals surface area contributed by atoms with Crippen LogP contribution < -0.4 is 11.1 Å². The van der Waals surface area contributed by atoms with Gasteiger partial charge in [-0.25, -0.2) is 4.63 Å². The molecule has 1 aromatic rings. The number of hydrogen-bond donors (Lipinski definition) is 2. The van der Waals surface area contributed by atoms with Gasteiger partial charge >= 0.3 is 0 Å². The summed E-state index contributed by atoms with van der Waals surface area (Å²) in [6.45, 7) is 5.57. The van der Waals surface area contributed by atoms with E-state index in [1.165, 1.54) is 0 Å². The van der Waals surface area contributed by atoms with Crippen molar-refractivity contribution < 1.29 is 9.42 Å². The minimum Gasteiger partial charge on any atom is -0.379 e. The van der Waals surface area contributed by atoms with Gasteiger partial charge in [0, 0.05) is 39.3 Å². The summed E-state index contributed by atoms with van der Waals surface area (Å²) in [7, 11) is 2.11. The summed E-state index contributed by atoms with van der Waals surface area (Å²) in [4.78, 5) is 16.2. The second-order valence-electron chi connectivity index (χ2n) is 4.40. The van der Waals surface area contributed by atoms with Crippen LogP contribution in [0, 0.1) is 0 Å². The predicted molar refractivity (Wildman–Crippen MR) is 65.0 cm³/mol. The van der Waals surface area contributed by atoms with Crippen LogP contribution in [0.3, 0.4) is 0 Å². The minimum atomic E-state index is -0.345. The third-order valence-corrected chi connectivity index (χ3v) is 3.04. The molecule has 0 bridgehead atoms. The van der Waals surface area contributed by atoms with Gasteiger partial charge in [0.15, 0.2) is 0 Å². The molecular weight excluding hydrogens is 236 g/mol. The van der Waals surface area contributed by atoms with Gasteiger partial charge in [-0.1, -0.05) is 0 Å². The number of nitrogens with two attached hydrogens (primary N) is 1. The molecule has 1 aromatic heterocycles. The van der Waals surface area contributed by atoms with Crippen LogP contribution in [0.25, 0.3) is 0 Å². The van der Waals surface area contributed by atoms with Gasteiger partial charge in [-0.2, -0.15) is 0 Å². The fraction of sp³-hybridized carbons (Fsp3) is 0.700. The molecule has 0 saturated carbocycles. The van der Waals surface area contributed by atoms with Crippen molar-refractivity contribution in [2.24, 2.45) is 0 Å². The first-order valence-corrected chi connectivity index (χ1v) is 5.94. The molecule has 1 fully saturated rings. The molecule has 1 aliphatic rings. The van der Waals surface area contributed by atoms with Crippen LogP contribution >= 0.6 is 0 Å². The van der Waals surface area contributed by atoms with Crippen LogP contribution in [0.5, 0.6) is 0 Å². The van der Waals surface area contributed by atoms with Crippen molar-refractivity contribution in [3.05, 3.63) is 5.69 Å². The Morgan fingerprint density at radius 2 is 2.11 bits per heavy atom. The monoisotopic (exact) mass is 254 g/mol. The Bertz CT molecular complexity index is 399. The molecule has 2 rings (SSSR count). The first kappa shape index (κ1) is 12.8. The zero-order chi connectivity index (χ0) is 13.0. The molecule has 8 heteroatoms. The average molecular weight is 254 g/mol. The van der Waals surface area contributed by atoms with Crippen molar-refractivity contribution in [1.29, 1.82) is 0 Å². The number of nitrogen functional groups attached to an aromatic ring is 1. The number of carbonyl (C=O) groups excluding carboxylic acids is 1. The highest BCUT2D eigenvalue weighted by Crippen LogP contribution is 2.03. The van der Waals surface area contributed by atoms with Crippen LogP contribution in [-0.4, -0.2) is 72.3 Å². The Morgan fingerprint density at radius 1 is 1.39 bits per heavy atom. The molecule has 0 aromatic carbocycles. The second kappa shape index (κ2) is 5.78. The Morgan fingerprint density at radius 3 is 2.72 bits per heavy atom. The van der Waals surface area contributed by atoms with E-state index in [0.29, 0.717) is 6.54 Å². The number of nitrogens with one attached hydrogen (secondary N) is 1. The van der Waals surface area contributed by atoms with Gasteiger partial charge in [-0.15, -0.1) is 0 Å². The minimum absolute atomic E-state index is 0.0205. The molecule has 100 valence electrons. The van der Waals surface area contributed by atoms with Gasteiger partial charge in [0.1, 0.15) is 0 Å². The Kier molecular flexibility index (Phi) is 4.11. The summed E-state index contributed by atoms with van der Waals surface area (Å²) in [5, 5.41) is 9.55. The fourth-order valence-corrected chi connectivity index (χ4v) is 1.84. The van der Waals surface area contributed by atoms with Crippen molar-refractivity contribution in [1.82, 2.24) is 25.4 Å². The number of anilines is 1. The number of nitrogens with zero attached hydrogens (tertiary/aromatic N) is 4. The van der Waals surface area contributed by atoms with E-state index < -0.39 is 0 Å². The average Bonchev–Trinajstić information content (AvgIpc) is 2.78. The summed E-state index contributed by atoms with van der Waals surface area (Å²) in [6.07, 6.45) is 0. The maximum absolute atomic E-state index is 11.6. The van der Waals surface area contributed by atoms with Crippen molar-refractivity contribution in [3.8, 4) is 0 Å². The van der Waals surface area contributed by atoms with E-state index in [0.717, 1.165) is 32.7 Å². The number of amides is 1. The molecule has 1 aliphatic heterocycles. The molecule has 0 spiro atoms. The van der Waals surface area contributed by atoms with Crippen LogP contribution in [0.1, 0.15) is 10.5 Å². The Labute approximate surface area is 105 Å². The summed E-state index contributed by atoms with van der Waals surface area (Å²) >= 11 is 0. The van der Waals surface area contributed by atoms with Gasteiger partial charge in [-0.3, -0.25) is 9.69 Å². The summed E-state index contributed by atoms with van der Waals surface area (Å²) in [6, 6.07) is 0. The topological polar surface area (TPSA) is 101 Å². The third-order valence-electron chi connectivity index (χ3n) is 3.04. The van der Waals surface area contributed by atoms with Gasteiger partial charge < -0.3 is 16.0 Å². The molecule has 0 unspecified atom stereocenters. The van der Waals surface area contributed by atoms with E-state index in [1.54, 1.807) is 0 Å². The lowest BCUT2D eigenvalue weighted by molar-refractivity contribution is 0.0932. The van der Waals surface area contributed by atoms with Crippen molar-refractivity contribution >= 4 is 11.7 Å². The normalized spacial score (nSPS) is 17.8. The third kappa shape index (κ3) is 3.17. The summed E-state index contributed by atoms with van der Waals surface area (Å²) in [5.41, 5.74) is 5.48. The number of rotatable bonds is 4. The second-order valence-corrected chi connectivity index (χ2v) is 4.40. The zero-order valence-electron chi connectivity index (χ0n) is 10.4. The molecule has 1 saturated heterocycles. The highest BCUT2D eigenvalue weighted by molar-refractivity contribution is 5.95. The molecular formula is C10H18N6O2. The first-order valence-electron chi connectivity index (χ1n) is 5.94. The molecule has 0 atom stereocenters. The number of piperazine rings is 1. The zero-order valence-corrected chi connectivity index (χ0v) is 10.4. The molecule has 3 N–H and O–H groups in total. The van der Waals surface area contributed by atoms with E-state index >= 15 is 0 Å². The van der Waals surface area contributed by atoms with Gasteiger partial charge in [0.05, 0.1) is 0 Å². The van der Waals surface area contributed by atoms with Gasteiger partial charge in [0.25, 0.3) is 5.91 Å². The fourth-order valence-electron chi connectivity index (χ4n) is 1.84.